The molecule has 0 saturated carbocycles. The minimum atomic E-state index is 0.526. The summed E-state index contributed by atoms with van der Waals surface area (Å²) in [6, 6.07) is 12.7. The second kappa shape index (κ2) is 3.60. The molecule has 0 atom stereocenters. The SMILES string of the molecule is Cc1ccnc(-c2ccccc2C2C=C2)c1. The highest BCUT2D eigenvalue weighted by Gasteiger charge is 2.18. The number of rotatable bonds is 2. The third-order valence-electron chi connectivity index (χ3n) is 2.90. The van der Waals surface area contributed by atoms with Crippen molar-refractivity contribution in [3.8, 4) is 11.3 Å². The van der Waals surface area contributed by atoms with Crippen molar-refractivity contribution in [1.29, 1.82) is 0 Å². The predicted octanol–water partition coefficient (Wildman–Crippen LogP) is 3.71. The summed E-state index contributed by atoms with van der Waals surface area (Å²) in [5, 5.41) is 0. The summed E-state index contributed by atoms with van der Waals surface area (Å²) in [6.45, 7) is 2.10. The number of aromatic nitrogens is 1. The molecule has 1 aliphatic rings. The summed E-state index contributed by atoms with van der Waals surface area (Å²) >= 11 is 0. The lowest BCUT2D eigenvalue weighted by Gasteiger charge is -2.08. The van der Waals surface area contributed by atoms with Crippen molar-refractivity contribution in [2.75, 3.05) is 0 Å². The summed E-state index contributed by atoms with van der Waals surface area (Å²) < 4.78 is 0. The van der Waals surface area contributed by atoms with Gasteiger partial charge in [-0.05, 0) is 30.2 Å². The van der Waals surface area contributed by atoms with Gasteiger partial charge in [-0.15, -0.1) is 0 Å². The first kappa shape index (κ1) is 9.34. The van der Waals surface area contributed by atoms with E-state index in [1.165, 1.54) is 16.7 Å². The van der Waals surface area contributed by atoms with Crippen molar-refractivity contribution in [3.63, 3.8) is 0 Å². The van der Waals surface area contributed by atoms with Gasteiger partial charge >= 0.3 is 0 Å². The number of hydrogen-bond donors (Lipinski definition) is 0. The van der Waals surface area contributed by atoms with Gasteiger partial charge in [-0.2, -0.15) is 0 Å². The first-order valence-electron chi connectivity index (χ1n) is 5.55. The van der Waals surface area contributed by atoms with Gasteiger partial charge in [0.15, 0.2) is 0 Å². The molecule has 0 unspecified atom stereocenters. The lowest BCUT2D eigenvalue weighted by atomic mass is 9.99. The van der Waals surface area contributed by atoms with Crippen molar-refractivity contribution in [2.24, 2.45) is 0 Å². The molecule has 0 bridgehead atoms. The number of benzene rings is 1. The molecular formula is C15H13N. The van der Waals surface area contributed by atoms with Gasteiger partial charge in [0.2, 0.25) is 0 Å². The van der Waals surface area contributed by atoms with Crippen LogP contribution in [0.4, 0.5) is 0 Å². The maximum atomic E-state index is 4.45. The molecule has 0 fully saturated rings. The summed E-state index contributed by atoms with van der Waals surface area (Å²) in [6.07, 6.45) is 6.31. The minimum absolute atomic E-state index is 0.526. The van der Waals surface area contributed by atoms with Crippen molar-refractivity contribution in [1.82, 2.24) is 4.98 Å². The van der Waals surface area contributed by atoms with E-state index in [0.717, 1.165) is 5.69 Å². The van der Waals surface area contributed by atoms with Crippen LogP contribution in [0.3, 0.4) is 0 Å². The molecule has 1 heteroatoms. The van der Waals surface area contributed by atoms with E-state index in [4.69, 9.17) is 0 Å². The van der Waals surface area contributed by atoms with Gasteiger partial charge in [0, 0.05) is 17.7 Å². The normalized spacial score (nSPS) is 14.1. The Bertz CT molecular complexity index is 549. The topological polar surface area (TPSA) is 12.9 Å². The van der Waals surface area contributed by atoms with Crippen LogP contribution in [0.15, 0.2) is 54.7 Å². The Morgan fingerprint density at radius 3 is 2.62 bits per heavy atom. The molecular weight excluding hydrogens is 194 g/mol. The average molecular weight is 207 g/mol. The molecule has 16 heavy (non-hydrogen) atoms. The minimum Gasteiger partial charge on any atom is -0.256 e. The van der Waals surface area contributed by atoms with E-state index in [2.05, 4.69) is 54.4 Å². The highest BCUT2D eigenvalue weighted by Crippen LogP contribution is 2.36. The smallest absolute Gasteiger partial charge is 0.0707 e. The standard InChI is InChI=1S/C15H13N/c1-11-8-9-16-15(10-11)14-5-3-2-4-13(14)12-6-7-12/h2-10,12H,1H3. The van der Waals surface area contributed by atoms with Crippen LogP contribution in [0.5, 0.6) is 0 Å². The highest BCUT2D eigenvalue weighted by atomic mass is 14.7. The van der Waals surface area contributed by atoms with Gasteiger partial charge < -0.3 is 0 Å². The molecule has 3 rings (SSSR count). The molecule has 1 heterocycles. The molecule has 1 aromatic carbocycles. The summed E-state index contributed by atoms with van der Waals surface area (Å²) in [5.74, 6) is 0.526. The van der Waals surface area contributed by atoms with Gasteiger partial charge in [-0.3, -0.25) is 4.98 Å². The quantitative estimate of drug-likeness (QED) is 0.684. The maximum absolute atomic E-state index is 4.45. The van der Waals surface area contributed by atoms with E-state index in [0.29, 0.717) is 5.92 Å². The van der Waals surface area contributed by atoms with E-state index in [-0.39, 0.29) is 0 Å². The molecule has 1 aliphatic carbocycles. The van der Waals surface area contributed by atoms with Gasteiger partial charge in [-0.1, -0.05) is 36.4 Å². The Morgan fingerprint density at radius 2 is 1.88 bits per heavy atom. The number of hydrogen-bond acceptors (Lipinski definition) is 1. The summed E-state index contributed by atoms with van der Waals surface area (Å²) in [7, 11) is 0. The third-order valence-corrected chi connectivity index (χ3v) is 2.90. The number of allylic oxidation sites excluding steroid dienone is 2. The molecule has 0 spiro atoms. The zero-order chi connectivity index (χ0) is 11.0. The van der Waals surface area contributed by atoms with Crippen molar-refractivity contribution < 1.29 is 0 Å². The van der Waals surface area contributed by atoms with Gasteiger partial charge in [0.25, 0.3) is 0 Å². The van der Waals surface area contributed by atoms with Crippen LogP contribution in [0.2, 0.25) is 0 Å². The van der Waals surface area contributed by atoms with E-state index in [1.807, 2.05) is 12.3 Å². The fraction of sp³-hybridized carbons (Fsp3) is 0.133. The molecule has 0 N–H and O–H groups in total. The number of pyridine rings is 1. The van der Waals surface area contributed by atoms with Crippen LogP contribution >= 0.6 is 0 Å². The van der Waals surface area contributed by atoms with Crippen LogP contribution in [0.1, 0.15) is 17.0 Å². The molecule has 2 aromatic rings. The molecule has 0 amide bonds. The van der Waals surface area contributed by atoms with Crippen LogP contribution in [0, 0.1) is 6.92 Å². The molecule has 1 aromatic heterocycles. The van der Waals surface area contributed by atoms with Gasteiger partial charge in [0.05, 0.1) is 5.69 Å². The van der Waals surface area contributed by atoms with Crippen LogP contribution in [-0.4, -0.2) is 4.98 Å². The number of aryl methyl sites for hydroxylation is 1. The lowest BCUT2D eigenvalue weighted by molar-refractivity contribution is 1.21. The van der Waals surface area contributed by atoms with Crippen LogP contribution in [-0.2, 0) is 0 Å². The molecule has 0 radical (unpaired) electrons. The monoisotopic (exact) mass is 207 g/mol. The predicted molar refractivity (Wildman–Crippen MR) is 66.3 cm³/mol. The lowest BCUT2D eigenvalue weighted by Crippen LogP contribution is -1.90. The zero-order valence-corrected chi connectivity index (χ0v) is 9.22. The Morgan fingerprint density at radius 1 is 1.06 bits per heavy atom. The van der Waals surface area contributed by atoms with E-state index in [1.54, 1.807) is 0 Å². The molecule has 78 valence electrons. The Hall–Kier alpha value is -1.89. The first-order valence-corrected chi connectivity index (χ1v) is 5.55. The fourth-order valence-electron chi connectivity index (χ4n) is 1.97. The molecule has 0 saturated heterocycles. The van der Waals surface area contributed by atoms with E-state index >= 15 is 0 Å². The van der Waals surface area contributed by atoms with Crippen molar-refractivity contribution in [3.05, 3.63) is 65.9 Å². The number of nitrogens with zero attached hydrogens (tertiary/aromatic N) is 1. The van der Waals surface area contributed by atoms with Crippen LogP contribution in [0.25, 0.3) is 11.3 Å². The third kappa shape index (κ3) is 1.65. The first-order chi connectivity index (χ1) is 7.84. The van der Waals surface area contributed by atoms with E-state index < -0.39 is 0 Å². The zero-order valence-electron chi connectivity index (χ0n) is 9.22. The Labute approximate surface area is 95.5 Å². The second-order valence-corrected chi connectivity index (χ2v) is 4.22. The van der Waals surface area contributed by atoms with Gasteiger partial charge in [0.1, 0.15) is 0 Å². The van der Waals surface area contributed by atoms with Crippen LogP contribution < -0.4 is 0 Å². The largest absolute Gasteiger partial charge is 0.256 e. The molecule has 1 nitrogen and oxygen atoms in total. The highest BCUT2D eigenvalue weighted by molar-refractivity contribution is 5.67. The van der Waals surface area contributed by atoms with E-state index in [9.17, 15) is 0 Å². The summed E-state index contributed by atoms with van der Waals surface area (Å²) in [5.41, 5.74) is 4.94. The summed E-state index contributed by atoms with van der Waals surface area (Å²) in [4.78, 5) is 4.45. The Balaban J connectivity index is 2.11. The fourth-order valence-corrected chi connectivity index (χ4v) is 1.97. The maximum Gasteiger partial charge on any atom is 0.0707 e. The molecule has 0 aliphatic heterocycles. The van der Waals surface area contributed by atoms with Crippen molar-refractivity contribution in [2.45, 2.75) is 12.8 Å². The Kier molecular flexibility index (Phi) is 2.10. The van der Waals surface area contributed by atoms with Gasteiger partial charge in [-0.25, -0.2) is 0 Å². The van der Waals surface area contributed by atoms with Crippen molar-refractivity contribution >= 4 is 0 Å². The average Bonchev–Trinajstić information content (AvgIpc) is 3.13. The second-order valence-electron chi connectivity index (χ2n) is 4.22.